The summed E-state index contributed by atoms with van der Waals surface area (Å²) in [5, 5.41) is 3.51. The third kappa shape index (κ3) is 3.86. The molecule has 0 atom stereocenters. The fourth-order valence-electron chi connectivity index (χ4n) is 1.69. The van der Waals surface area contributed by atoms with Gasteiger partial charge in [-0.1, -0.05) is 23.7 Å². The van der Waals surface area contributed by atoms with Crippen molar-refractivity contribution in [3.8, 4) is 5.75 Å². The monoisotopic (exact) mass is 401 g/mol. The zero-order valence-corrected chi connectivity index (χ0v) is 13.7. The Bertz CT molecular complexity index is 614. The van der Waals surface area contributed by atoms with Crippen molar-refractivity contribution < 1.29 is 9.53 Å². The molecule has 3 nitrogen and oxygen atoms in total. The average molecular weight is 402 g/mol. The lowest BCUT2D eigenvalue weighted by Gasteiger charge is -2.08. The molecule has 0 fully saturated rings. The van der Waals surface area contributed by atoms with E-state index in [1.807, 2.05) is 24.3 Å². The molecule has 0 spiro atoms. The van der Waals surface area contributed by atoms with Crippen molar-refractivity contribution in [1.82, 2.24) is 5.32 Å². The van der Waals surface area contributed by atoms with Crippen LogP contribution in [0.15, 0.2) is 42.5 Å². The van der Waals surface area contributed by atoms with E-state index in [9.17, 15) is 4.79 Å². The Morgan fingerprint density at radius 1 is 1.25 bits per heavy atom. The number of halogens is 2. The number of ether oxygens (including phenoxy) is 1. The highest BCUT2D eigenvalue weighted by atomic mass is 127. The van der Waals surface area contributed by atoms with Crippen LogP contribution >= 0.6 is 34.2 Å². The van der Waals surface area contributed by atoms with Gasteiger partial charge < -0.3 is 10.1 Å². The highest BCUT2D eigenvalue weighted by molar-refractivity contribution is 14.1. The summed E-state index contributed by atoms with van der Waals surface area (Å²) in [6, 6.07) is 12.8. The zero-order valence-electron chi connectivity index (χ0n) is 10.8. The molecule has 2 rings (SSSR count). The molecule has 0 heterocycles. The maximum absolute atomic E-state index is 12.1. The lowest BCUT2D eigenvalue weighted by molar-refractivity contribution is 0.0950. The summed E-state index contributed by atoms with van der Waals surface area (Å²) in [7, 11) is 1.62. The van der Waals surface area contributed by atoms with Gasteiger partial charge in [-0.25, -0.2) is 0 Å². The summed E-state index contributed by atoms with van der Waals surface area (Å²) < 4.78 is 5.93. The van der Waals surface area contributed by atoms with Crippen molar-refractivity contribution in [1.29, 1.82) is 0 Å². The van der Waals surface area contributed by atoms with Crippen LogP contribution in [0.1, 0.15) is 15.9 Å². The van der Waals surface area contributed by atoms with Gasteiger partial charge in [0, 0.05) is 15.1 Å². The van der Waals surface area contributed by atoms with E-state index >= 15 is 0 Å². The number of benzene rings is 2. The Morgan fingerprint density at radius 3 is 2.55 bits per heavy atom. The molecule has 0 aliphatic carbocycles. The van der Waals surface area contributed by atoms with Gasteiger partial charge in [0.1, 0.15) is 5.75 Å². The van der Waals surface area contributed by atoms with Gasteiger partial charge in [-0.05, 0) is 58.5 Å². The van der Waals surface area contributed by atoms with E-state index in [2.05, 4.69) is 27.9 Å². The van der Waals surface area contributed by atoms with Crippen molar-refractivity contribution in [3.63, 3.8) is 0 Å². The second-order valence-electron chi connectivity index (χ2n) is 4.15. The fourth-order valence-corrected chi connectivity index (χ4v) is 2.81. The van der Waals surface area contributed by atoms with E-state index < -0.39 is 0 Å². The van der Waals surface area contributed by atoms with Crippen LogP contribution in [0.25, 0.3) is 0 Å². The molecule has 2 aromatic rings. The molecule has 0 aromatic heterocycles. The number of hydrogen-bond acceptors (Lipinski definition) is 2. The average Bonchev–Trinajstić information content (AvgIpc) is 2.45. The lowest BCUT2D eigenvalue weighted by Crippen LogP contribution is -2.23. The molecular weight excluding hydrogens is 389 g/mol. The van der Waals surface area contributed by atoms with Crippen LogP contribution in [0.5, 0.6) is 5.75 Å². The van der Waals surface area contributed by atoms with E-state index in [1.54, 1.807) is 25.3 Å². The van der Waals surface area contributed by atoms with Gasteiger partial charge in [-0.3, -0.25) is 4.79 Å². The zero-order chi connectivity index (χ0) is 14.5. The van der Waals surface area contributed by atoms with Gasteiger partial charge in [-0.15, -0.1) is 0 Å². The lowest BCUT2D eigenvalue weighted by atomic mass is 10.2. The normalized spacial score (nSPS) is 10.2. The Hall–Kier alpha value is -1.27. The molecule has 0 aliphatic heterocycles. The second kappa shape index (κ2) is 6.95. The van der Waals surface area contributed by atoms with Gasteiger partial charge >= 0.3 is 0 Å². The number of methoxy groups -OCH3 is 1. The van der Waals surface area contributed by atoms with E-state index in [4.69, 9.17) is 16.3 Å². The maximum Gasteiger partial charge on any atom is 0.252 e. The fraction of sp³-hybridized carbons (Fsp3) is 0.133. The first-order chi connectivity index (χ1) is 9.60. The van der Waals surface area contributed by atoms with Gasteiger partial charge in [0.15, 0.2) is 0 Å². The minimum Gasteiger partial charge on any atom is -0.497 e. The highest BCUT2D eigenvalue weighted by Gasteiger charge is 2.09. The van der Waals surface area contributed by atoms with E-state index in [1.165, 1.54) is 0 Å². The number of rotatable bonds is 4. The topological polar surface area (TPSA) is 38.3 Å². The van der Waals surface area contributed by atoms with Crippen LogP contribution in [0, 0.1) is 3.57 Å². The summed E-state index contributed by atoms with van der Waals surface area (Å²) in [5.41, 5.74) is 1.65. The number of carbonyl (C=O) groups is 1. The molecule has 5 heteroatoms. The van der Waals surface area contributed by atoms with Crippen molar-refractivity contribution in [2.75, 3.05) is 7.11 Å². The summed E-state index contributed by atoms with van der Waals surface area (Å²) in [4.78, 5) is 12.1. The molecule has 0 aliphatic rings. The molecule has 0 bridgehead atoms. The molecule has 0 saturated carbocycles. The van der Waals surface area contributed by atoms with E-state index in [0.717, 1.165) is 14.9 Å². The Kier molecular flexibility index (Phi) is 5.25. The van der Waals surface area contributed by atoms with Crippen molar-refractivity contribution in [3.05, 3.63) is 62.2 Å². The van der Waals surface area contributed by atoms with Crippen LogP contribution < -0.4 is 10.1 Å². The Balaban J connectivity index is 2.00. The standard InChI is InChI=1S/C15H13ClINO2/c1-20-12-5-2-10(3-6-12)9-18-15(19)13-7-4-11(16)8-14(13)17/h2-8H,9H2,1H3,(H,18,19). The smallest absolute Gasteiger partial charge is 0.252 e. The maximum atomic E-state index is 12.1. The molecule has 0 radical (unpaired) electrons. The van der Waals surface area contributed by atoms with Gasteiger partial charge in [-0.2, -0.15) is 0 Å². The second-order valence-corrected chi connectivity index (χ2v) is 5.75. The van der Waals surface area contributed by atoms with Gasteiger partial charge in [0.2, 0.25) is 0 Å². The third-order valence-electron chi connectivity index (χ3n) is 2.79. The predicted octanol–water partition coefficient (Wildman–Crippen LogP) is 3.88. The Morgan fingerprint density at radius 2 is 1.95 bits per heavy atom. The number of amides is 1. The molecule has 0 saturated heterocycles. The minimum absolute atomic E-state index is 0.109. The van der Waals surface area contributed by atoms with Crippen LogP contribution in [0.3, 0.4) is 0 Å². The number of nitrogens with one attached hydrogen (secondary N) is 1. The summed E-state index contributed by atoms with van der Waals surface area (Å²) in [6.07, 6.45) is 0. The minimum atomic E-state index is -0.109. The molecule has 104 valence electrons. The molecular formula is C15H13ClINO2. The first kappa shape index (κ1) is 15.1. The molecule has 2 aromatic carbocycles. The summed E-state index contributed by atoms with van der Waals surface area (Å²) >= 11 is 7.98. The number of hydrogen-bond donors (Lipinski definition) is 1. The SMILES string of the molecule is COc1ccc(CNC(=O)c2ccc(Cl)cc2I)cc1. The predicted molar refractivity (Wildman–Crippen MR) is 88.3 cm³/mol. The van der Waals surface area contributed by atoms with E-state index in [0.29, 0.717) is 17.1 Å². The van der Waals surface area contributed by atoms with Crippen molar-refractivity contribution in [2.45, 2.75) is 6.54 Å². The number of carbonyl (C=O) groups excluding carboxylic acids is 1. The van der Waals surface area contributed by atoms with Gasteiger partial charge in [0.25, 0.3) is 5.91 Å². The van der Waals surface area contributed by atoms with Crippen LogP contribution in [-0.2, 0) is 6.54 Å². The first-order valence-electron chi connectivity index (χ1n) is 5.96. The van der Waals surface area contributed by atoms with Crippen molar-refractivity contribution >= 4 is 40.1 Å². The van der Waals surface area contributed by atoms with Crippen LogP contribution in [0.4, 0.5) is 0 Å². The third-order valence-corrected chi connectivity index (χ3v) is 3.92. The quantitative estimate of drug-likeness (QED) is 0.790. The van der Waals surface area contributed by atoms with Gasteiger partial charge in [0.05, 0.1) is 12.7 Å². The first-order valence-corrected chi connectivity index (χ1v) is 7.42. The molecule has 1 amide bonds. The van der Waals surface area contributed by atoms with Crippen molar-refractivity contribution in [2.24, 2.45) is 0 Å². The Labute approximate surface area is 136 Å². The van der Waals surface area contributed by atoms with E-state index in [-0.39, 0.29) is 5.91 Å². The largest absolute Gasteiger partial charge is 0.497 e. The summed E-state index contributed by atoms with van der Waals surface area (Å²) in [5.74, 6) is 0.689. The molecule has 1 N–H and O–H groups in total. The molecule has 20 heavy (non-hydrogen) atoms. The molecule has 0 unspecified atom stereocenters. The van der Waals surface area contributed by atoms with Crippen LogP contribution in [0.2, 0.25) is 5.02 Å². The highest BCUT2D eigenvalue weighted by Crippen LogP contribution is 2.18. The van der Waals surface area contributed by atoms with Crippen LogP contribution in [-0.4, -0.2) is 13.0 Å². The summed E-state index contributed by atoms with van der Waals surface area (Å²) in [6.45, 7) is 0.474.